The van der Waals surface area contributed by atoms with Crippen molar-refractivity contribution in [3.8, 4) is 0 Å². The molecule has 2 unspecified atom stereocenters. The molecule has 2 heterocycles. The second kappa shape index (κ2) is 7.78. The van der Waals surface area contributed by atoms with Crippen LogP contribution in [0.25, 0.3) is 0 Å². The number of amides is 2. The van der Waals surface area contributed by atoms with E-state index >= 15 is 0 Å². The van der Waals surface area contributed by atoms with Gasteiger partial charge in [-0.3, -0.25) is 14.9 Å². The van der Waals surface area contributed by atoms with Gasteiger partial charge in [0.25, 0.3) is 0 Å². The molecule has 7 nitrogen and oxygen atoms in total. The van der Waals surface area contributed by atoms with Gasteiger partial charge in [0.15, 0.2) is 5.82 Å². The summed E-state index contributed by atoms with van der Waals surface area (Å²) in [7, 11) is 0. The second-order valence-electron chi connectivity index (χ2n) is 7.22. The molecule has 2 atom stereocenters. The molecule has 2 aromatic rings. The minimum atomic E-state index is -4.43. The van der Waals surface area contributed by atoms with Gasteiger partial charge in [-0.2, -0.15) is 13.2 Å². The lowest BCUT2D eigenvalue weighted by Crippen LogP contribution is -2.58. The number of aromatic nitrogens is 2. The summed E-state index contributed by atoms with van der Waals surface area (Å²) in [5, 5.41) is 8.45. The molecule has 29 heavy (non-hydrogen) atoms. The Bertz CT molecular complexity index is 885. The molecule has 3 rings (SSSR count). The van der Waals surface area contributed by atoms with Gasteiger partial charge >= 0.3 is 6.18 Å². The summed E-state index contributed by atoms with van der Waals surface area (Å²) in [6, 6.07) is 5.38. The highest BCUT2D eigenvalue weighted by molar-refractivity contribution is 5.90. The first-order valence-corrected chi connectivity index (χ1v) is 8.88. The first kappa shape index (κ1) is 20.7. The van der Waals surface area contributed by atoms with Crippen molar-refractivity contribution < 1.29 is 22.8 Å². The van der Waals surface area contributed by atoms with E-state index in [0.717, 1.165) is 12.1 Å². The Morgan fingerprint density at radius 2 is 1.69 bits per heavy atom. The molecule has 1 aliphatic heterocycles. The topological polar surface area (TPSA) is 96.0 Å². The van der Waals surface area contributed by atoms with Crippen molar-refractivity contribution in [3.05, 3.63) is 59.7 Å². The van der Waals surface area contributed by atoms with Gasteiger partial charge in [0.2, 0.25) is 11.8 Å². The lowest BCUT2D eigenvalue weighted by molar-refractivity contribution is -0.137. The van der Waals surface area contributed by atoms with Gasteiger partial charge in [-0.1, -0.05) is 12.1 Å². The van der Waals surface area contributed by atoms with Crippen LogP contribution in [0.5, 0.6) is 0 Å². The predicted octanol–water partition coefficient (Wildman–Crippen LogP) is 2.02. The van der Waals surface area contributed by atoms with Crippen LogP contribution < -0.4 is 16.0 Å². The van der Waals surface area contributed by atoms with E-state index in [0.29, 0.717) is 11.4 Å². The van der Waals surface area contributed by atoms with Crippen LogP contribution in [-0.2, 0) is 21.3 Å². The molecule has 154 valence electrons. The van der Waals surface area contributed by atoms with Gasteiger partial charge in [-0.25, -0.2) is 9.97 Å². The third-order valence-corrected chi connectivity index (χ3v) is 4.59. The molecule has 0 saturated carbocycles. The lowest BCUT2D eigenvalue weighted by atomic mass is 9.92. The van der Waals surface area contributed by atoms with Gasteiger partial charge in [0.05, 0.1) is 23.6 Å². The number of carbonyl (C=O) groups is 2. The van der Waals surface area contributed by atoms with Crippen LogP contribution in [0.3, 0.4) is 0 Å². The number of hydrogen-bond donors (Lipinski definition) is 3. The van der Waals surface area contributed by atoms with Crippen molar-refractivity contribution in [2.24, 2.45) is 0 Å². The maximum Gasteiger partial charge on any atom is 0.416 e. The van der Waals surface area contributed by atoms with E-state index in [9.17, 15) is 22.8 Å². The Morgan fingerprint density at radius 1 is 1.10 bits per heavy atom. The van der Waals surface area contributed by atoms with Crippen molar-refractivity contribution in [3.63, 3.8) is 0 Å². The average molecular weight is 407 g/mol. The summed E-state index contributed by atoms with van der Waals surface area (Å²) < 4.78 is 38.3. The molecule has 0 spiro atoms. The lowest BCUT2D eigenvalue weighted by Gasteiger charge is -2.33. The third kappa shape index (κ3) is 4.89. The molecule has 1 aromatic carbocycles. The van der Waals surface area contributed by atoms with Crippen LogP contribution in [0, 0.1) is 0 Å². The maximum atomic E-state index is 12.8. The molecule has 2 amide bonds. The van der Waals surface area contributed by atoms with Crippen LogP contribution in [0.4, 0.5) is 13.2 Å². The number of alkyl halides is 3. The standard InChI is InChI=1S/C19H20F3N5O2/c1-18(2,11-4-6-12(7-5-11)19(20,21)22)27-17(29)13-10-14(28)26-16(25-13)15-23-8-3-9-24-15/h3-9,13,16,25H,10H2,1-2H3,(H,26,28)(H,27,29). The first-order chi connectivity index (χ1) is 13.6. The van der Waals surface area contributed by atoms with Gasteiger partial charge in [0.1, 0.15) is 6.17 Å². The van der Waals surface area contributed by atoms with Crippen LogP contribution in [-0.4, -0.2) is 27.8 Å². The highest BCUT2D eigenvalue weighted by atomic mass is 19.4. The Morgan fingerprint density at radius 3 is 2.28 bits per heavy atom. The summed E-state index contributed by atoms with van der Waals surface area (Å²) in [6.07, 6.45) is -2.19. The molecular weight excluding hydrogens is 387 g/mol. The summed E-state index contributed by atoms with van der Waals surface area (Å²) in [6.45, 7) is 3.35. The maximum absolute atomic E-state index is 12.8. The Labute approximate surface area is 165 Å². The van der Waals surface area contributed by atoms with E-state index in [-0.39, 0.29) is 12.3 Å². The normalized spacial score (nSPS) is 20.1. The van der Waals surface area contributed by atoms with Gasteiger partial charge in [-0.15, -0.1) is 0 Å². The monoisotopic (exact) mass is 407 g/mol. The summed E-state index contributed by atoms with van der Waals surface area (Å²) in [4.78, 5) is 32.9. The summed E-state index contributed by atoms with van der Waals surface area (Å²) >= 11 is 0. The van der Waals surface area contributed by atoms with Gasteiger partial charge < -0.3 is 10.6 Å². The molecule has 0 aliphatic carbocycles. The fourth-order valence-corrected chi connectivity index (χ4v) is 3.02. The fourth-order valence-electron chi connectivity index (χ4n) is 3.02. The highest BCUT2D eigenvalue weighted by Gasteiger charge is 2.35. The third-order valence-electron chi connectivity index (χ3n) is 4.59. The van der Waals surface area contributed by atoms with Crippen LogP contribution in [0.15, 0.2) is 42.7 Å². The van der Waals surface area contributed by atoms with Gasteiger partial charge in [0, 0.05) is 12.4 Å². The molecule has 0 radical (unpaired) electrons. The van der Waals surface area contributed by atoms with E-state index in [1.165, 1.54) is 24.5 Å². The van der Waals surface area contributed by atoms with Crippen LogP contribution in [0.1, 0.15) is 43.4 Å². The van der Waals surface area contributed by atoms with Gasteiger partial charge in [-0.05, 0) is 37.6 Å². The van der Waals surface area contributed by atoms with Crippen molar-refractivity contribution in [1.82, 2.24) is 25.9 Å². The number of rotatable bonds is 4. The Hall–Kier alpha value is -3.01. The van der Waals surface area contributed by atoms with E-state index in [4.69, 9.17) is 0 Å². The van der Waals surface area contributed by atoms with E-state index in [2.05, 4.69) is 25.9 Å². The number of nitrogens with zero attached hydrogens (tertiary/aromatic N) is 2. The fraction of sp³-hybridized carbons (Fsp3) is 0.368. The smallest absolute Gasteiger partial charge is 0.346 e. The minimum Gasteiger partial charge on any atom is -0.346 e. The van der Waals surface area contributed by atoms with Crippen LogP contribution in [0.2, 0.25) is 0 Å². The van der Waals surface area contributed by atoms with Crippen molar-refractivity contribution in [2.45, 2.75) is 44.2 Å². The SMILES string of the molecule is CC(C)(NC(=O)C1CC(=O)NC(c2ncccn2)N1)c1ccc(C(F)(F)F)cc1. The molecule has 1 saturated heterocycles. The molecule has 0 bridgehead atoms. The molecule has 1 fully saturated rings. The Balaban J connectivity index is 1.71. The number of halogens is 3. The minimum absolute atomic E-state index is 0.0851. The van der Waals surface area contributed by atoms with E-state index in [1.54, 1.807) is 19.9 Å². The predicted molar refractivity (Wildman–Crippen MR) is 97.1 cm³/mol. The number of nitrogens with one attached hydrogen (secondary N) is 3. The quantitative estimate of drug-likeness (QED) is 0.721. The van der Waals surface area contributed by atoms with E-state index < -0.39 is 35.4 Å². The highest BCUT2D eigenvalue weighted by Crippen LogP contribution is 2.31. The van der Waals surface area contributed by atoms with E-state index in [1.807, 2.05) is 0 Å². The molecule has 3 N–H and O–H groups in total. The van der Waals surface area contributed by atoms with Crippen molar-refractivity contribution in [1.29, 1.82) is 0 Å². The second-order valence-corrected chi connectivity index (χ2v) is 7.22. The first-order valence-electron chi connectivity index (χ1n) is 8.88. The zero-order valence-corrected chi connectivity index (χ0v) is 15.7. The number of carbonyl (C=O) groups excluding carboxylic acids is 2. The zero-order valence-electron chi connectivity index (χ0n) is 15.7. The molecule has 10 heteroatoms. The molecule has 1 aromatic heterocycles. The van der Waals surface area contributed by atoms with Crippen LogP contribution >= 0.6 is 0 Å². The van der Waals surface area contributed by atoms with Crippen molar-refractivity contribution >= 4 is 11.8 Å². The number of hydrogen-bond acceptors (Lipinski definition) is 5. The largest absolute Gasteiger partial charge is 0.416 e. The number of benzene rings is 1. The summed E-state index contributed by atoms with van der Waals surface area (Å²) in [5.41, 5.74) is -1.21. The Kier molecular flexibility index (Phi) is 5.56. The molecular formula is C19H20F3N5O2. The molecule has 1 aliphatic rings. The van der Waals surface area contributed by atoms with Crippen molar-refractivity contribution in [2.75, 3.05) is 0 Å². The zero-order chi connectivity index (χ0) is 21.2. The summed E-state index contributed by atoms with van der Waals surface area (Å²) in [5.74, 6) is -0.472. The average Bonchev–Trinajstić information content (AvgIpc) is 2.67.